The van der Waals surface area contributed by atoms with Gasteiger partial charge in [0, 0.05) is 11.1 Å². The molecule has 124 valence electrons. The third-order valence-corrected chi connectivity index (χ3v) is 3.79. The average molecular weight is 335 g/mol. The van der Waals surface area contributed by atoms with Gasteiger partial charge in [0.2, 0.25) is 6.79 Å². The number of H-pyrrole nitrogens is 1. The minimum absolute atomic E-state index is 0.142. The van der Waals surface area contributed by atoms with Crippen molar-refractivity contribution in [1.82, 2.24) is 10.4 Å². The first-order valence-corrected chi connectivity index (χ1v) is 7.56. The Hall–Kier alpha value is -3.61. The van der Waals surface area contributed by atoms with Crippen molar-refractivity contribution in [2.24, 2.45) is 5.10 Å². The summed E-state index contributed by atoms with van der Waals surface area (Å²) in [6, 6.07) is 14.0. The molecule has 1 amide bonds. The van der Waals surface area contributed by atoms with Crippen LogP contribution in [0.4, 0.5) is 0 Å². The fraction of sp³-hybridized carbons (Fsp3) is 0.0556. The summed E-state index contributed by atoms with van der Waals surface area (Å²) in [7, 11) is 0. The quantitative estimate of drug-likeness (QED) is 0.566. The molecule has 0 atom stereocenters. The van der Waals surface area contributed by atoms with Crippen molar-refractivity contribution in [2.75, 3.05) is 6.79 Å². The monoisotopic (exact) mass is 335 g/mol. The summed E-state index contributed by atoms with van der Waals surface area (Å²) in [4.78, 5) is 26.9. The van der Waals surface area contributed by atoms with Gasteiger partial charge in [0.15, 0.2) is 11.5 Å². The van der Waals surface area contributed by atoms with Gasteiger partial charge in [-0.25, -0.2) is 5.43 Å². The first kappa shape index (κ1) is 14.9. The molecule has 0 radical (unpaired) electrons. The molecular formula is C18H13N3O4. The molecule has 2 aromatic carbocycles. The molecule has 2 N–H and O–H groups in total. The maximum atomic E-state index is 12.1. The van der Waals surface area contributed by atoms with Gasteiger partial charge in [-0.2, -0.15) is 5.10 Å². The Morgan fingerprint density at radius 1 is 1.12 bits per heavy atom. The number of carbonyl (C=O) groups excluding carboxylic acids is 1. The largest absolute Gasteiger partial charge is 0.454 e. The lowest BCUT2D eigenvalue weighted by atomic mass is 10.2. The zero-order valence-electron chi connectivity index (χ0n) is 13.0. The maximum absolute atomic E-state index is 12.1. The molecular weight excluding hydrogens is 322 g/mol. The van der Waals surface area contributed by atoms with Gasteiger partial charge >= 0.3 is 0 Å². The number of carbonyl (C=O) groups is 1. The number of hydrogen-bond donors (Lipinski definition) is 2. The summed E-state index contributed by atoms with van der Waals surface area (Å²) in [6.45, 7) is 0.142. The number of benzene rings is 2. The predicted molar refractivity (Wildman–Crippen MR) is 92.2 cm³/mol. The highest BCUT2D eigenvalue weighted by Gasteiger charge is 2.15. The van der Waals surface area contributed by atoms with Crippen LogP contribution in [0, 0.1) is 0 Å². The van der Waals surface area contributed by atoms with Crippen molar-refractivity contribution in [3.05, 3.63) is 70.0 Å². The van der Waals surface area contributed by atoms with Gasteiger partial charge in [0.1, 0.15) is 0 Å². The van der Waals surface area contributed by atoms with Crippen LogP contribution in [0.3, 0.4) is 0 Å². The van der Waals surface area contributed by atoms with Crippen LogP contribution in [0.5, 0.6) is 11.5 Å². The second kappa shape index (κ2) is 6.12. The van der Waals surface area contributed by atoms with E-state index in [1.165, 1.54) is 6.21 Å². The lowest BCUT2D eigenvalue weighted by Crippen LogP contribution is -2.19. The van der Waals surface area contributed by atoms with Gasteiger partial charge in [-0.15, -0.1) is 0 Å². The van der Waals surface area contributed by atoms with Crippen molar-refractivity contribution in [3.63, 3.8) is 0 Å². The van der Waals surface area contributed by atoms with Gasteiger partial charge in [0.25, 0.3) is 11.5 Å². The Morgan fingerprint density at radius 3 is 2.88 bits per heavy atom. The molecule has 0 fully saturated rings. The minimum atomic E-state index is -0.410. The number of hydrazone groups is 1. The van der Waals surface area contributed by atoms with E-state index in [9.17, 15) is 9.59 Å². The summed E-state index contributed by atoms with van der Waals surface area (Å²) in [5, 5.41) is 4.74. The fourth-order valence-corrected chi connectivity index (χ4v) is 2.52. The van der Waals surface area contributed by atoms with Crippen molar-refractivity contribution < 1.29 is 14.3 Å². The first-order valence-electron chi connectivity index (χ1n) is 7.56. The number of aromatic amines is 1. The molecule has 4 rings (SSSR count). The van der Waals surface area contributed by atoms with Gasteiger partial charge in [-0.3, -0.25) is 9.59 Å². The van der Waals surface area contributed by atoms with Crippen LogP contribution < -0.4 is 20.5 Å². The summed E-state index contributed by atoms with van der Waals surface area (Å²) in [5.74, 6) is 0.706. The van der Waals surface area contributed by atoms with Crippen LogP contribution >= 0.6 is 0 Å². The molecule has 1 aromatic heterocycles. The molecule has 0 spiro atoms. The maximum Gasteiger partial charge on any atom is 0.271 e. The molecule has 0 unspecified atom stereocenters. The number of aromatic nitrogens is 1. The molecule has 25 heavy (non-hydrogen) atoms. The van der Waals surface area contributed by atoms with Crippen LogP contribution in [-0.2, 0) is 0 Å². The van der Waals surface area contributed by atoms with Crippen LogP contribution in [0.25, 0.3) is 10.9 Å². The summed E-state index contributed by atoms with van der Waals surface area (Å²) in [5.41, 5.74) is 3.60. The standard InChI is InChI=1S/C18H13N3O4/c22-17-13(7-11-3-1-2-4-14(11)20-17)9-19-21-18(23)12-5-6-15-16(8-12)25-10-24-15/h1-9H,10H2,(H,20,22)(H,21,23)/b19-9-. The first-order chi connectivity index (χ1) is 12.2. The van der Waals surface area contributed by atoms with E-state index in [0.29, 0.717) is 22.6 Å². The molecule has 0 saturated carbocycles. The van der Waals surface area contributed by atoms with E-state index in [-0.39, 0.29) is 12.4 Å². The molecule has 7 nitrogen and oxygen atoms in total. The van der Waals surface area contributed by atoms with Gasteiger partial charge < -0.3 is 14.5 Å². The van der Waals surface area contributed by atoms with Crippen molar-refractivity contribution in [2.45, 2.75) is 0 Å². The highest BCUT2D eigenvalue weighted by Crippen LogP contribution is 2.32. The van der Waals surface area contributed by atoms with E-state index in [0.717, 1.165) is 10.9 Å². The number of amides is 1. The van der Waals surface area contributed by atoms with Crippen LogP contribution in [0.15, 0.2) is 58.4 Å². The number of para-hydroxylation sites is 1. The number of nitrogens with zero attached hydrogens (tertiary/aromatic N) is 1. The summed E-state index contributed by atoms with van der Waals surface area (Å²) in [6.07, 6.45) is 1.32. The number of rotatable bonds is 3. The molecule has 1 aliphatic rings. The zero-order chi connectivity index (χ0) is 17.2. The minimum Gasteiger partial charge on any atom is -0.454 e. The lowest BCUT2D eigenvalue weighted by molar-refractivity contribution is 0.0954. The van der Waals surface area contributed by atoms with Gasteiger partial charge in [0.05, 0.1) is 11.8 Å². The third-order valence-electron chi connectivity index (χ3n) is 3.79. The van der Waals surface area contributed by atoms with Crippen molar-refractivity contribution >= 4 is 23.0 Å². The smallest absolute Gasteiger partial charge is 0.271 e. The highest BCUT2D eigenvalue weighted by atomic mass is 16.7. The number of ether oxygens (including phenoxy) is 2. The predicted octanol–water partition coefficient (Wildman–Crippen LogP) is 2.02. The number of fused-ring (bicyclic) bond motifs is 2. The number of hydrogen-bond acceptors (Lipinski definition) is 5. The highest BCUT2D eigenvalue weighted by molar-refractivity contribution is 5.96. The molecule has 3 aromatic rings. The fourth-order valence-electron chi connectivity index (χ4n) is 2.52. The second-order valence-corrected chi connectivity index (χ2v) is 5.41. The second-order valence-electron chi connectivity index (χ2n) is 5.41. The molecule has 0 saturated heterocycles. The van der Waals surface area contributed by atoms with Crippen LogP contribution in [0.1, 0.15) is 15.9 Å². The Morgan fingerprint density at radius 2 is 1.96 bits per heavy atom. The lowest BCUT2D eigenvalue weighted by Gasteiger charge is -2.02. The Bertz CT molecular complexity index is 1060. The molecule has 2 heterocycles. The SMILES string of the molecule is O=C(N/N=C\c1cc2ccccc2[nH]c1=O)c1ccc2c(c1)OCO2. The Kier molecular flexibility index (Phi) is 3.66. The van der Waals surface area contributed by atoms with E-state index in [1.807, 2.05) is 24.3 Å². The Labute approximate surface area is 141 Å². The molecule has 1 aliphatic heterocycles. The van der Waals surface area contributed by atoms with Crippen molar-refractivity contribution in [3.8, 4) is 11.5 Å². The summed E-state index contributed by atoms with van der Waals surface area (Å²) < 4.78 is 10.4. The normalized spacial score (nSPS) is 12.6. The molecule has 0 bridgehead atoms. The van der Waals surface area contributed by atoms with Gasteiger partial charge in [-0.1, -0.05) is 18.2 Å². The van der Waals surface area contributed by atoms with Gasteiger partial charge in [-0.05, 0) is 35.7 Å². The number of nitrogens with one attached hydrogen (secondary N) is 2. The topological polar surface area (TPSA) is 92.8 Å². The Balaban J connectivity index is 1.52. The van der Waals surface area contributed by atoms with E-state index in [4.69, 9.17) is 9.47 Å². The molecule has 7 heteroatoms. The van der Waals surface area contributed by atoms with Crippen LogP contribution in [-0.4, -0.2) is 23.9 Å². The number of pyridine rings is 1. The van der Waals surface area contributed by atoms with E-state index >= 15 is 0 Å². The van der Waals surface area contributed by atoms with E-state index in [1.54, 1.807) is 24.3 Å². The van der Waals surface area contributed by atoms with E-state index < -0.39 is 5.91 Å². The van der Waals surface area contributed by atoms with E-state index in [2.05, 4.69) is 15.5 Å². The third kappa shape index (κ3) is 2.94. The van der Waals surface area contributed by atoms with Crippen LogP contribution in [0.2, 0.25) is 0 Å². The average Bonchev–Trinajstić information content (AvgIpc) is 3.09. The zero-order valence-corrected chi connectivity index (χ0v) is 13.0. The molecule has 0 aliphatic carbocycles. The van der Waals surface area contributed by atoms with Crippen molar-refractivity contribution in [1.29, 1.82) is 0 Å². The summed E-state index contributed by atoms with van der Waals surface area (Å²) >= 11 is 0.